The predicted molar refractivity (Wildman–Crippen MR) is 70.3 cm³/mol. The van der Waals surface area contributed by atoms with Crippen molar-refractivity contribution in [1.82, 2.24) is 9.80 Å². The second kappa shape index (κ2) is 6.69. The number of ether oxygens (including phenoxy) is 1. The van der Waals surface area contributed by atoms with Gasteiger partial charge in [0.2, 0.25) is 0 Å². The molecule has 102 valence electrons. The molecule has 1 atom stereocenters. The fraction of sp³-hybridized carbons (Fsp3) is 1.00. The Labute approximate surface area is 106 Å². The summed E-state index contributed by atoms with van der Waals surface area (Å²) < 4.78 is 5.81. The molecule has 1 N–H and O–H groups in total. The Morgan fingerprint density at radius 1 is 1.35 bits per heavy atom. The molecule has 1 heterocycles. The average molecular weight is 244 g/mol. The maximum absolute atomic E-state index is 9.25. The maximum atomic E-state index is 9.25. The SMILES string of the molecule is CCN(CC)CCN1CC(CO)OC(C)(C)C1. The van der Waals surface area contributed by atoms with Crippen molar-refractivity contribution in [3.8, 4) is 0 Å². The number of nitrogens with zero attached hydrogens (tertiary/aromatic N) is 2. The van der Waals surface area contributed by atoms with Crippen LogP contribution in [0.5, 0.6) is 0 Å². The quantitative estimate of drug-likeness (QED) is 0.750. The third-order valence-electron chi connectivity index (χ3n) is 3.38. The van der Waals surface area contributed by atoms with Crippen LogP contribution in [0.2, 0.25) is 0 Å². The smallest absolute Gasteiger partial charge is 0.0940 e. The normalized spacial score (nSPS) is 25.4. The van der Waals surface area contributed by atoms with Gasteiger partial charge in [0, 0.05) is 26.2 Å². The first-order valence-corrected chi connectivity index (χ1v) is 6.74. The zero-order chi connectivity index (χ0) is 12.9. The van der Waals surface area contributed by atoms with E-state index >= 15 is 0 Å². The molecular formula is C13H28N2O2. The Hall–Kier alpha value is -0.160. The lowest BCUT2D eigenvalue weighted by atomic mass is 10.1. The number of morpholine rings is 1. The average Bonchev–Trinajstić information content (AvgIpc) is 2.28. The van der Waals surface area contributed by atoms with Crippen LogP contribution in [0.3, 0.4) is 0 Å². The van der Waals surface area contributed by atoms with Gasteiger partial charge in [-0.05, 0) is 26.9 Å². The summed E-state index contributed by atoms with van der Waals surface area (Å²) in [5.41, 5.74) is -0.144. The van der Waals surface area contributed by atoms with Crippen LogP contribution in [0.4, 0.5) is 0 Å². The summed E-state index contributed by atoms with van der Waals surface area (Å²) in [6.07, 6.45) is -0.0320. The van der Waals surface area contributed by atoms with Crippen LogP contribution in [-0.4, -0.2) is 72.5 Å². The number of likely N-dealkylation sites (N-methyl/N-ethyl adjacent to an activating group) is 1. The third-order valence-corrected chi connectivity index (χ3v) is 3.38. The first kappa shape index (κ1) is 14.9. The van der Waals surface area contributed by atoms with E-state index in [4.69, 9.17) is 4.74 Å². The Bertz CT molecular complexity index is 217. The van der Waals surface area contributed by atoms with Crippen molar-refractivity contribution in [2.45, 2.75) is 39.4 Å². The van der Waals surface area contributed by atoms with Crippen molar-refractivity contribution in [2.24, 2.45) is 0 Å². The van der Waals surface area contributed by atoms with Gasteiger partial charge >= 0.3 is 0 Å². The molecule has 0 aromatic rings. The molecule has 1 saturated heterocycles. The number of aliphatic hydroxyl groups excluding tert-OH is 1. The first-order chi connectivity index (χ1) is 8.00. The zero-order valence-electron chi connectivity index (χ0n) is 11.8. The molecule has 0 bridgehead atoms. The molecule has 1 aliphatic rings. The minimum atomic E-state index is -0.144. The molecule has 1 unspecified atom stereocenters. The second-order valence-corrected chi connectivity index (χ2v) is 5.44. The molecule has 0 aliphatic carbocycles. The van der Waals surface area contributed by atoms with Crippen LogP contribution < -0.4 is 0 Å². The van der Waals surface area contributed by atoms with Gasteiger partial charge in [-0.3, -0.25) is 4.90 Å². The zero-order valence-corrected chi connectivity index (χ0v) is 11.8. The van der Waals surface area contributed by atoms with Crippen molar-refractivity contribution >= 4 is 0 Å². The molecule has 0 spiro atoms. The highest BCUT2D eigenvalue weighted by atomic mass is 16.5. The lowest BCUT2D eigenvalue weighted by molar-refractivity contribution is -0.149. The molecule has 0 aromatic carbocycles. The Morgan fingerprint density at radius 3 is 2.53 bits per heavy atom. The van der Waals surface area contributed by atoms with Gasteiger partial charge in [0.1, 0.15) is 0 Å². The lowest BCUT2D eigenvalue weighted by Gasteiger charge is -2.42. The van der Waals surface area contributed by atoms with E-state index in [-0.39, 0.29) is 18.3 Å². The largest absolute Gasteiger partial charge is 0.394 e. The fourth-order valence-electron chi connectivity index (χ4n) is 2.50. The molecule has 1 rings (SSSR count). The Morgan fingerprint density at radius 2 is 2.00 bits per heavy atom. The third kappa shape index (κ3) is 4.92. The minimum absolute atomic E-state index is 0.0320. The van der Waals surface area contributed by atoms with Crippen molar-refractivity contribution in [2.75, 3.05) is 45.9 Å². The van der Waals surface area contributed by atoms with Gasteiger partial charge in [-0.1, -0.05) is 13.8 Å². The van der Waals surface area contributed by atoms with Crippen LogP contribution in [0.25, 0.3) is 0 Å². The van der Waals surface area contributed by atoms with Crippen molar-refractivity contribution in [1.29, 1.82) is 0 Å². The molecule has 4 nitrogen and oxygen atoms in total. The number of hydrogen-bond acceptors (Lipinski definition) is 4. The fourth-order valence-corrected chi connectivity index (χ4v) is 2.50. The molecule has 0 saturated carbocycles. The lowest BCUT2D eigenvalue weighted by Crippen LogP contribution is -2.55. The monoisotopic (exact) mass is 244 g/mol. The summed E-state index contributed by atoms with van der Waals surface area (Å²) in [6.45, 7) is 14.9. The van der Waals surface area contributed by atoms with E-state index in [0.717, 1.165) is 39.3 Å². The van der Waals surface area contributed by atoms with Gasteiger partial charge in [-0.2, -0.15) is 0 Å². The molecular weight excluding hydrogens is 216 g/mol. The highest BCUT2D eigenvalue weighted by molar-refractivity contribution is 4.84. The Balaban J connectivity index is 2.42. The van der Waals surface area contributed by atoms with Gasteiger partial charge in [-0.25, -0.2) is 0 Å². The van der Waals surface area contributed by atoms with E-state index in [2.05, 4.69) is 37.5 Å². The van der Waals surface area contributed by atoms with E-state index in [1.54, 1.807) is 0 Å². The molecule has 4 heteroatoms. The Kier molecular flexibility index (Phi) is 5.86. The summed E-state index contributed by atoms with van der Waals surface area (Å²) in [5, 5.41) is 9.25. The number of hydrogen-bond donors (Lipinski definition) is 1. The van der Waals surface area contributed by atoms with Crippen LogP contribution in [0.15, 0.2) is 0 Å². The number of aliphatic hydroxyl groups is 1. The summed E-state index contributed by atoms with van der Waals surface area (Å²) in [5.74, 6) is 0. The molecule has 0 amide bonds. The van der Waals surface area contributed by atoms with Gasteiger partial charge in [-0.15, -0.1) is 0 Å². The van der Waals surface area contributed by atoms with Crippen molar-refractivity contribution in [3.05, 3.63) is 0 Å². The summed E-state index contributed by atoms with van der Waals surface area (Å²) in [6, 6.07) is 0. The summed E-state index contributed by atoms with van der Waals surface area (Å²) in [4.78, 5) is 4.83. The first-order valence-electron chi connectivity index (χ1n) is 6.74. The summed E-state index contributed by atoms with van der Waals surface area (Å²) >= 11 is 0. The molecule has 0 radical (unpaired) electrons. The van der Waals surface area contributed by atoms with E-state index in [1.807, 2.05) is 0 Å². The van der Waals surface area contributed by atoms with Crippen molar-refractivity contribution in [3.63, 3.8) is 0 Å². The van der Waals surface area contributed by atoms with Crippen LogP contribution in [0.1, 0.15) is 27.7 Å². The van der Waals surface area contributed by atoms with Crippen molar-refractivity contribution < 1.29 is 9.84 Å². The summed E-state index contributed by atoms with van der Waals surface area (Å²) in [7, 11) is 0. The van der Waals surface area contributed by atoms with Crippen LogP contribution >= 0.6 is 0 Å². The maximum Gasteiger partial charge on any atom is 0.0940 e. The molecule has 1 aliphatic heterocycles. The number of rotatable bonds is 6. The van der Waals surface area contributed by atoms with E-state index in [1.165, 1.54) is 0 Å². The van der Waals surface area contributed by atoms with Crippen LogP contribution in [0, 0.1) is 0 Å². The van der Waals surface area contributed by atoms with Gasteiger partial charge < -0.3 is 14.7 Å². The highest BCUT2D eigenvalue weighted by Gasteiger charge is 2.32. The van der Waals surface area contributed by atoms with Gasteiger partial charge in [0.25, 0.3) is 0 Å². The van der Waals surface area contributed by atoms with Crippen LogP contribution in [-0.2, 0) is 4.74 Å². The highest BCUT2D eigenvalue weighted by Crippen LogP contribution is 2.20. The minimum Gasteiger partial charge on any atom is -0.394 e. The molecule has 0 aromatic heterocycles. The van der Waals surface area contributed by atoms with E-state index < -0.39 is 0 Å². The molecule has 1 fully saturated rings. The van der Waals surface area contributed by atoms with E-state index in [0.29, 0.717) is 0 Å². The molecule has 17 heavy (non-hydrogen) atoms. The van der Waals surface area contributed by atoms with Gasteiger partial charge in [0.15, 0.2) is 0 Å². The van der Waals surface area contributed by atoms with Gasteiger partial charge in [0.05, 0.1) is 18.3 Å². The van der Waals surface area contributed by atoms with E-state index in [9.17, 15) is 5.11 Å². The standard InChI is InChI=1S/C13H28N2O2/c1-5-14(6-2)7-8-15-9-12(10-16)17-13(3,4)11-15/h12,16H,5-11H2,1-4H3. The topological polar surface area (TPSA) is 35.9 Å². The predicted octanol–water partition coefficient (Wildman–Crippen LogP) is 0.800. The second-order valence-electron chi connectivity index (χ2n) is 5.44.